The van der Waals surface area contributed by atoms with Crippen LogP contribution in [0.1, 0.15) is 18.4 Å². The Balaban J connectivity index is 1.54. The van der Waals surface area contributed by atoms with E-state index in [4.69, 9.17) is 0 Å². The summed E-state index contributed by atoms with van der Waals surface area (Å²) >= 11 is 1.48. The molecular formula is C18H19N5OS. The second-order valence-electron chi connectivity index (χ2n) is 6.27. The number of hydrogen-bond donors (Lipinski definition) is 0. The first-order valence-electron chi connectivity index (χ1n) is 8.40. The Bertz CT molecular complexity index is 878. The third kappa shape index (κ3) is 3.67. The van der Waals surface area contributed by atoms with E-state index in [1.54, 1.807) is 29.2 Å². The fourth-order valence-corrected chi connectivity index (χ4v) is 3.83. The molecule has 1 fully saturated rings. The highest BCUT2D eigenvalue weighted by atomic mass is 32.1. The molecule has 0 saturated carbocycles. The molecule has 1 atom stereocenters. The number of aromatic nitrogens is 4. The average molecular weight is 353 g/mol. The minimum absolute atomic E-state index is 0.0538. The summed E-state index contributed by atoms with van der Waals surface area (Å²) in [4.78, 5) is 18.7. The van der Waals surface area contributed by atoms with Gasteiger partial charge in [-0.3, -0.25) is 14.7 Å². The van der Waals surface area contributed by atoms with Crippen molar-refractivity contribution < 1.29 is 0 Å². The van der Waals surface area contributed by atoms with Crippen molar-refractivity contribution >= 4 is 11.5 Å². The maximum Gasteiger partial charge on any atom is 0.266 e. The third-order valence-electron chi connectivity index (χ3n) is 4.59. The SMILES string of the molecule is O=c1ccc(-c2ccncc2)nn1CC1CCCN1Cc1cnsc1. The third-order valence-corrected chi connectivity index (χ3v) is 5.23. The van der Waals surface area contributed by atoms with Crippen LogP contribution in [-0.4, -0.2) is 36.6 Å². The van der Waals surface area contributed by atoms with Crippen LogP contribution < -0.4 is 5.56 Å². The molecule has 4 heterocycles. The zero-order valence-corrected chi connectivity index (χ0v) is 14.6. The van der Waals surface area contributed by atoms with Crippen molar-refractivity contribution in [3.63, 3.8) is 0 Å². The van der Waals surface area contributed by atoms with E-state index in [9.17, 15) is 4.79 Å². The summed E-state index contributed by atoms with van der Waals surface area (Å²) in [5.41, 5.74) is 2.95. The fraction of sp³-hybridized carbons (Fsp3) is 0.333. The zero-order valence-electron chi connectivity index (χ0n) is 13.8. The molecule has 3 aromatic rings. The molecule has 7 heteroatoms. The van der Waals surface area contributed by atoms with E-state index >= 15 is 0 Å². The lowest BCUT2D eigenvalue weighted by molar-refractivity contribution is 0.217. The zero-order chi connectivity index (χ0) is 17.1. The van der Waals surface area contributed by atoms with Gasteiger partial charge in [0, 0.05) is 48.2 Å². The lowest BCUT2D eigenvalue weighted by Crippen LogP contribution is -2.36. The molecule has 1 unspecified atom stereocenters. The Morgan fingerprint density at radius 2 is 2.08 bits per heavy atom. The van der Waals surface area contributed by atoms with Gasteiger partial charge >= 0.3 is 0 Å². The van der Waals surface area contributed by atoms with E-state index in [0.29, 0.717) is 12.6 Å². The van der Waals surface area contributed by atoms with Crippen LogP contribution in [0, 0.1) is 0 Å². The molecular weight excluding hydrogens is 334 g/mol. The normalized spacial score (nSPS) is 17.8. The summed E-state index contributed by atoms with van der Waals surface area (Å²) < 4.78 is 5.78. The number of nitrogens with zero attached hydrogens (tertiary/aromatic N) is 5. The first kappa shape index (κ1) is 16.1. The molecule has 0 radical (unpaired) electrons. The van der Waals surface area contributed by atoms with Crippen molar-refractivity contribution in [2.24, 2.45) is 0 Å². The predicted molar refractivity (Wildman–Crippen MR) is 97.3 cm³/mol. The summed E-state index contributed by atoms with van der Waals surface area (Å²) in [5.74, 6) is 0. The van der Waals surface area contributed by atoms with E-state index in [0.717, 1.165) is 37.2 Å². The maximum absolute atomic E-state index is 12.3. The molecule has 1 saturated heterocycles. The Hall–Kier alpha value is -2.38. The van der Waals surface area contributed by atoms with E-state index in [-0.39, 0.29) is 5.56 Å². The van der Waals surface area contributed by atoms with Crippen LogP contribution in [-0.2, 0) is 13.1 Å². The Labute approximate surface area is 149 Å². The van der Waals surface area contributed by atoms with Gasteiger partial charge in [-0.25, -0.2) is 9.06 Å². The monoisotopic (exact) mass is 353 g/mol. The van der Waals surface area contributed by atoms with Crippen LogP contribution >= 0.6 is 11.5 Å². The van der Waals surface area contributed by atoms with Crippen molar-refractivity contribution in [2.45, 2.75) is 32.0 Å². The molecule has 0 bridgehead atoms. The molecule has 128 valence electrons. The summed E-state index contributed by atoms with van der Waals surface area (Å²) in [5, 5.41) is 6.66. The van der Waals surface area contributed by atoms with Crippen LogP contribution in [0.4, 0.5) is 0 Å². The Morgan fingerprint density at radius 3 is 2.88 bits per heavy atom. The van der Waals surface area contributed by atoms with Gasteiger partial charge in [0.2, 0.25) is 0 Å². The first-order chi connectivity index (χ1) is 12.3. The van der Waals surface area contributed by atoms with Gasteiger partial charge in [-0.1, -0.05) is 0 Å². The van der Waals surface area contributed by atoms with Gasteiger partial charge in [0.15, 0.2) is 0 Å². The lowest BCUT2D eigenvalue weighted by atomic mass is 10.2. The first-order valence-corrected chi connectivity index (χ1v) is 9.24. The largest absolute Gasteiger partial charge is 0.294 e. The van der Waals surface area contributed by atoms with Gasteiger partial charge in [-0.2, -0.15) is 5.10 Å². The van der Waals surface area contributed by atoms with E-state index in [2.05, 4.69) is 24.7 Å². The van der Waals surface area contributed by atoms with Crippen molar-refractivity contribution in [1.29, 1.82) is 0 Å². The standard InChI is InChI=1S/C18H19N5OS/c24-18-4-3-17(15-5-7-19-8-6-15)21-23(18)12-16-2-1-9-22(16)11-14-10-20-25-13-14/h3-8,10,13,16H,1-2,9,11-12H2. The van der Waals surface area contributed by atoms with Crippen LogP contribution in [0.25, 0.3) is 11.3 Å². The quantitative estimate of drug-likeness (QED) is 0.705. The number of pyridine rings is 1. The maximum atomic E-state index is 12.3. The van der Waals surface area contributed by atoms with Crippen LogP contribution in [0.5, 0.6) is 0 Å². The molecule has 0 amide bonds. The second kappa shape index (κ2) is 7.25. The van der Waals surface area contributed by atoms with Gasteiger partial charge in [0.1, 0.15) is 0 Å². The highest BCUT2D eigenvalue weighted by Gasteiger charge is 2.25. The van der Waals surface area contributed by atoms with Gasteiger partial charge in [-0.05, 0) is 54.7 Å². The van der Waals surface area contributed by atoms with Crippen LogP contribution in [0.3, 0.4) is 0 Å². The van der Waals surface area contributed by atoms with E-state index < -0.39 is 0 Å². The molecule has 6 nitrogen and oxygen atoms in total. The van der Waals surface area contributed by atoms with Gasteiger partial charge < -0.3 is 0 Å². The molecule has 1 aliphatic heterocycles. The molecule has 0 N–H and O–H groups in total. The molecule has 0 aromatic carbocycles. The second-order valence-corrected chi connectivity index (χ2v) is 6.93. The minimum atomic E-state index is -0.0538. The molecule has 4 rings (SSSR count). The number of likely N-dealkylation sites (tertiary alicyclic amines) is 1. The smallest absolute Gasteiger partial charge is 0.266 e. The fourth-order valence-electron chi connectivity index (χ4n) is 3.31. The average Bonchev–Trinajstić information content (AvgIpc) is 3.31. The van der Waals surface area contributed by atoms with Gasteiger partial charge in [0.05, 0.1) is 12.2 Å². The molecule has 1 aliphatic rings. The van der Waals surface area contributed by atoms with E-state index in [1.807, 2.05) is 18.3 Å². The Morgan fingerprint density at radius 1 is 1.20 bits per heavy atom. The molecule has 0 spiro atoms. The van der Waals surface area contributed by atoms with Gasteiger partial charge in [0.25, 0.3) is 5.56 Å². The number of rotatable bonds is 5. The van der Waals surface area contributed by atoms with Crippen molar-refractivity contribution in [2.75, 3.05) is 6.54 Å². The van der Waals surface area contributed by atoms with Crippen LogP contribution in [0.2, 0.25) is 0 Å². The van der Waals surface area contributed by atoms with Crippen molar-refractivity contribution in [3.05, 3.63) is 64.2 Å². The summed E-state index contributed by atoms with van der Waals surface area (Å²) in [6, 6.07) is 7.52. The highest BCUT2D eigenvalue weighted by molar-refractivity contribution is 7.03. The van der Waals surface area contributed by atoms with E-state index in [1.165, 1.54) is 17.1 Å². The van der Waals surface area contributed by atoms with Crippen LogP contribution in [0.15, 0.2) is 53.0 Å². The van der Waals surface area contributed by atoms with Crippen molar-refractivity contribution in [3.8, 4) is 11.3 Å². The predicted octanol–water partition coefficient (Wildman–Crippen LogP) is 2.43. The topological polar surface area (TPSA) is 63.9 Å². The minimum Gasteiger partial charge on any atom is -0.294 e. The van der Waals surface area contributed by atoms with Crippen molar-refractivity contribution in [1.82, 2.24) is 24.0 Å². The summed E-state index contributed by atoms with van der Waals surface area (Å²) in [6.45, 7) is 2.56. The highest BCUT2D eigenvalue weighted by Crippen LogP contribution is 2.22. The Kier molecular flexibility index (Phi) is 4.67. The lowest BCUT2D eigenvalue weighted by Gasteiger charge is -2.24. The molecule has 0 aliphatic carbocycles. The molecule has 3 aromatic heterocycles. The molecule has 25 heavy (non-hydrogen) atoms. The number of hydrogen-bond acceptors (Lipinski definition) is 6. The van der Waals surface area contributed by atoms with Gasteiger partial charge in [-0.15, -0.1) is 0 Å². The summed E-state index contributed by atoms with van der Waals surface area (Å²) in [7, 11) is 0. The summed E-state index contributed by atoms with van der Waals surface area (Å²) in [6.07, 6.45) is 7.64.